The fraction of sp³-hybridized carbons (Fsp3) is 0.300. The second-order valence-corrected chi connectivity index (χ2v) is 5.91. The lowest BCUT2D eigenvalue weighted by molar-refractivity contribution is 0.0690. The largest absolute Gasteiger partial charge is 0.493 e. The molecule has 0 aliphatic carbocycles. The molecule has 0 N–H and O–H groups in total. The lowest BCUT2D eigenvalue weighted by atomic mass is 10.1. The third-order valence-corrected chi connectivity index (χ3v) is 3.95. The minimum absolute atomic E-state index is 0.0243. The van der Waals surface area contributed by atoms with E-state index in [0.717, 1.165) is 5.56 Å². The predicted molar refractivity (Wildman–Crippen MR) is 95.7 cm³/mol. The second-order valence-electron chi connectivity index (χ2n) is 5.91. The first-order chi connectivity index (χ1) is 12.0. The van der Waals surface area contributed by atoms with Gasteiger partial charge in [-0.1, -0.05) is 12.1 Å². The summed E-state index contributed by atoms with van der Waals surface area (Å²) >= 11 is 0. The van der Waals surface area contributed by atoms with Gasteiger partial charge in [-0.15, -0.1) is 0 Å². The molecule has 2 aromatic carbocycles. The zero-order chi connectivity index (χ0) is 18.4. The van der Waals surface area contributed by atoms with E-state index in [9.17, 15) is 4.79 Å². The van der Waals surface area contributed by atoms with Gasteiger partial charge in [0.25, 0.3) is 5.91 Å². The van der Waals surface area contributed by atoms with Gasteiger partial charge in [0, 0.05) is 18.2 Å². The SMILES string of the molecule is COc1ccc(C(=O)N(Cc2ccc(C#N)cc2)C(C)C)cc1OC. The number of methoxy groups -OCH3 is 2. The second kappa shape index (κ2) is 8.20. The van der Waals surface area contributed by atoms with Crippen LogP contribution in [0, 0.1) is 11.3 Å². The van der Waals surface area contributed by atoms with E-state index in [1.807, 2.05) is 26.0 Å². The molecular weight excluding hydrogens is 316 g/mol. The predicted octanol–water partition coefficient (Wildman–Crippen LogP) is 3.63. The molecule has 5 heteroatoms. The molecule has 25 heavy (non-hydrogen) atoms. The molecule has 2 rings (SSSR count). The molecular formula is C20H22N2O3. The van der Waals surface area contributed by atoms with Crippen LogP contribution in [0.25, 0.3) is 0 Å². The Labute approximate surface area is 148 Å². The molecule has 0 unspecified atom stereocenters. The van der Waals surface area contributed by atoms with Crippen molar-refractivity contribution < 1.29 is 14.3 Å². The third kappa shape index (κ3) is 4.30. The van der Waals surface area contributed by atoms with Crippen molar-refractivity contribution in [2.24, 2.45) is 0 Å². The van der Waals surface area contributed by atoms with Crippen molar-refractivity contribution >= 4 is 5.91 Å². The Kier molecular flexibility index (Phi) is 6.02. The van der Waals surface area contributed by atoms with Gasteiger partial charge in [0.1, 0.15) is 0 Å². The van der Waals surface area contributed by atoms with Crippen LogP contribution in [0.3, 0.4) is 0 Å². The fourth-order valence-electron chi connectivity index (χ4n) is 2.51. The Morgan fingerprint density at radius 3 is 2.24 bits per heavy atom. The van der Waals surface area contributed by atoms with Gasteiger partial charge in [-0.3, -0.25) is 4.79 Å². The maximum absolute atomic E-state index is 13.0. The first-order valence-electron chi connectivity index (χ1n) is 8.02. The Bertz CT molecular complexity index is 777. The first kappa shape index (κ1) is 18.3. The zero-order valence-corrected chi connectivity index (χ0v) is 14.9. The van der Waals surface area contributed by atoms with Gasteiger partial charge in [0.15, 0.2) is 11.5 Å². The summed E-state index contributed by atoms with van der Waals surface area (Å²) in [6.07, 6.45) is 0. The number of hydrogen-bond donors (Lipinski definition) is 0. The minimum Gasteiger partial charge on any atom is -0.493 e. The Morgan fingerprint density at radius 2 is 1.72 bits per heavy atom. The molecule has 0 saturated heterocycles. The lowest BCUT2D eigenvalue weighted by Gasteiger charge is -2.27. The van der Waals surface area contributed by atoms with Crippen LogP contribution in [0.1, 0.15) is 35.3 Å². The summed E-state index contributed by atoms with van der Waals surface area (Å²) in [6.45, 7) is 4.42. The number of amides is 1. The van der Waals surface area contributed by atoms with Gasteiger partial charge in [-0.2, -0.15) is 5.26 Å². The smallest absolute Gasteiger partial charge is 0.254 e. The summed E-state index contributed by atoms with van der Waals surface area (Å²) in [5.41, 5.74) is 2.12. The van der Waals surface area contributed by atoms with Crippen molar-refractivity contribution in [3.8, 4) is 17.6 Å². The molecule has 0 atom stereocenters. The maximum Gasteiger partial charge on any atom is 0.254 e. The summed E-state index contributed by atoms with van der Waals surface area (Å²) in [7, 11) is 3.10. The van der Waals surface area contributed by atoms with Crippen LogP contribution in [-0.2, 0) is 6.54 Å². The molecule has 0 aliphatic heterocycles. The molecule has 0 saturated carbocycles. The Hall–Kier alpha value is -3.00. The number of benzene rings is 2. The highest BCUT2D eigenvalue weighted by atomic mass is 16.5. The van der Waals surface area contributed by atoms with Crippen molar-refractivity contribution in [2.75, 3.05) is 14.2 Å². The van der Waals surface area contributed by atoms with Gasteiger partial charge in [-0.05, 0) is 49.7 Å². The normalized spacial score (nSPS) is 10.2. The summed E-state index contributed by atoms with van der Waals surface area (Å²) < 4.78 is 10.5. The number of carbonyl (C=O) groups excluding carboxylic acids is 1. The van der Waals surface area contributed by atoms with Crippen LogP contribution < -0.4 is 9.47 Å². The Morgan fingerprint density at radius 1 is 1.08 bits per heavy atom. The van der Waals surface area contributed by atoms with E-state index in [1.54, 1.807) is 49.5 Å². The monoisotopic (exact) mass is 338 g/mol. The van der Waals surface area contributed by atoms with Crippen molar-refractivity contribution in [1.82, 2.24) is 4.90 Å². The molecule has 0 aromatic heterocycles. The van der Waals surface area contributed by atoms with Crippen LogP contribution in [0.15, 0.2) is 42.5 Å². The average Bonchev–Trinajstić information content (AvgIpc) is 2.65. The Balaban J connectivity index is 2.27. The number of nitriles is 1. The molecule has 0 aliphatic rings. The van der Waals surface area contributed by atoms with E-state index in [4.69, 9.17) is 14.7 Å². The van der Waals surface area contributed by atoms with E-state index < -0.39 is 0 Å². The van der Waals surface area contributed by atoms with Crippen molar-refractivity contribution in [3.63, 3.8) is 0 Å². The van der Waals surface area contributed by atoms with Crippen LogP contribution in [0.2, 0.25) is 0 Å². The van der Waals surface area contributed by atoms with Gasteiger partial charge in [0.2, 0.25) is 0 Å². The quantitative estimate of drug-likeness (QED) is 0.807. The molecule has 2 aromatic rings. The van der Waals surface area contributed by atoms with Crippen LogP contribution in [-0.4, -0.2) is 31.1 Å². The van der Waals surface area contributed by atoms with E-state index in [0.29, 0.717) is 29.2 Å². The van der Waals surface area contributed by atoms with Crippen molar-refractivity contribution in [3.05, 3.63) is 59.2 Å². The van der Waals surface area contributed by atoms with E-state index in [-0.39, 0.29) is 11.9 Å². The average molecular weight is 338 g/mol. The third-order valence-electron chi connectivity index (χ3n) is 3.95. The molecule has 130 valence electrons. The molecule has 0 heterocycles. The molecule has 5 nitrogen and oxygen atoms in total. The first-order valence-corrected chi connectivity index (χ1v) is 8.02. The maximum atomic E-state index is 13.0. The summed E-state index contributed by atoms with van der Waals surface area (Å²) in [5, 5.41) is 8.89. The fourth-order valence-corrected chi connectivity index (χ4v) is 2.51. The van der Waals surface area contributed by atoms with E-state index in [1.165, 1.54) is 0 Å². The summed E-state index contributed by atoms with van der Waals surface area (Å²) in [4.78, 5) is 14.7. The summed E-state index contributed by atoms with van der Waals surface area (Å²) in [6, 6.07) is 14.5. The highest BCUT2D eigenvalue weighted by Crippen LogP contribution is 2.28. The van der Waals surface area contributed by atoms with E-state index >= 15 is 0 Å². The molecule has 1 amide bonds. The molecule has 0 radical (unpaired) electrons. The molecule has 0 bridgehead atoms. The van der Waals surface area contributed by atoms with Gasteiger partial charge in [-0.25, -0.2) is 0 Å². The molecule has 0 spiro atoms. The topological polar surface area (TPSA) is 62.6 Å². The number of rotatable bonds is 6. The number of hydrogen-bond acceptors (Lipinski definition) is 4. The van der Waals surface area contributed by atoms with Gasteiger partial charge in [0.05, 0.1) is 25.9 Å². The van der Waals surface area contributed by atoms with Crippen LogP contribution >= 0.6 is 0 Å². The zero-order valence-electron chi connectivity index (χ0n) is 14.9. The minimum atomic E-state index is -0.0830. The van der Waals surface area contributed by atoms with Crippen LogP contribution in [0.4, 0.5) is 0 Å². The standard InChI is InChI=1S/C20H22N2O3/c1-14(2)22(13-16-7-5-15(12-21)6-8-16)20(23)17-9-10-18(24-3)19(11-17)25-4/h5-11,14H,13H2,1-4H3. The highest BCUT2D eigenvalue weighted by molar-refractivity contribution is 5.95. The van der Waals surface area contributed by atoms with Crippen LogP contribution in [0.5, 0.6) is 11.5 Å². The summed E-state index contributed by atoms with van der Waals surface area (Å²) in [5.74, 6) is 1.03. The van der Waals surface area contributed by atoms with Crippen molar-refractivity contribution in [1.29, 1.82) is 5.26 Å². The van der Waals surface area contributed by atoms with E-state index in [2.05, 4.69) is 6.07 Å². The van der Waals surface area contributed by atoms with Crippen molar-refractivity contribution in [2.45, 2.75) is 26.4 Å². The number of carbonyl (C=O) groups is 1. The van der Waals surface area contributed by atoms with Gasteiger partial charge >= 0.3 is 0 Å². The number of nitrogens with zero attached hydrogens (tertiary/aromatic N) is 2. The molecule has 0 fully saturated rings. The lowest BCUT2D eigenvalue weighted by Crippen LogP contribution is -2.36. The highest BCUT2D eigenvalue weighted by Gasteiger charge is 2.20. The number of ether oxygens (including phenoxy) is 2. The van der Waals surface area contributed by atoms with Gasteiger partial charge < -0.3 is 14.4 Å².